The minimum atomic E-state index is -0.766. The molecule has 0 aliphatic carbocycles. The number of benzene rings is 1. The van der Waals surface area contributed by atoms with Gasteiger partial charge in [-0.15, -0.1) is 0 Å². The first-order valence-corrected chi connectivity index (χ1v) is 7.36. The molecule has 1 heterocycles. The van der Waals surface area contributed by atoms with Crippen molar-refractivity contribution in [2.75, 3.05) is 26.5 Å². The highest BCUT2D eigenvalue weighted by Gasteiger charge is 2.25. The largest absolute Gasteiger partial charge is 0.493 e. The summed E-state index contributed by atoms with van der Waals surface area (Å²) in [6.07, 6.45) is 0. The third-order valence-corrected chi connectivity index (χ3v) is 4.97. The van der Waals surface area contributed by atoms with Gasteiger partial charge >= 0.3 is 0 Å². The van der Waals surface area contributed by atoms with Crippen molar-refractivity contribution >= 4 is 10.8 Å². The van der Waals surface area contributed by atoms with E-state index in [9.17, 15) is 4.21 Å². The highest BCUT2D eigenvalue weighted by molar-refractivity contribution is 7.85. The first-order chi connectivity index (χ1) is 8.65. The fraction of sp³-hybridized carbons (Fsp3) is 0.538. The molecule has 1 aromatic carbocycles. The second-order valence-electron chi connectivity index (χ2n) is 4.43. The highest BCUT2D eigenvalue weighted by atomic mass is 32.2. The fourth-order valence-electron chi connectivity index (χ4n) is 2.07. The van der Waals surface area contributed by atoms with E-state index in [4.69, 9.17) is 9.47 Å². The van der Waals surface area contributed by atoms with Crippen LogP contribution in [0.15, 0.2) is 18.2 Å². The minimum Gasteiger partial charge on any atom is -0.493 e. The maximum Gasteiger partial charge on any atom is 0.161 e. The lowest BCUT2D eigenvalue weighted by Gasteiger charge is -2.28. The lowest BCUT2D eigenvalue weighted by atomic mass is 10.1. The van der Waals surface area contributed by atoms with Crippen LogP contribution in [0, 0.1) is 0 Å². The summed E-state index contributed by atoms with van der Waals surface area (Å²) in [7, 11) is 2.47. The summed E-state index contributed by atoms with van der Waals surface area (Å²) in [5.74, 6) is 2.07. The Kier molecular flexibility index (Phi) is 4.24. The summed E-state index contributed by atoms with van der Waals surface area (Å²) in [6.45, 7) is 2.79. The lowest BCUT2D eigenvalue weighted by Crippen LogP contribution is -2.41. The molecule has 1 aliphatic heterocycles. The molecule has 4 nitrogen and oxygen atoms in total. The summed E-state index contributed by atoms with van der Waals surface area (Å²) in [4.78, 5) is 0. The highest BCUT2D eigenvalue weighted by Crippen LogP contribution is 2.31. The molecule has 1 saturated heterocycles. The molecule has 18 heavy (non-hydrogen) atoms. The van der Waals surface area contributed by atoms with E-state index in [2.05, 4.69) is 5.32 Å². The Balaban J connectivity index is 2.21. The topological polar surface area (TPSA) is 47.6 Å². The van der Waals surface area contributed by atoms with Gasteiger partial charge in [-0.2, -0.15) is 0 Å². The quantitative estimate of drug-likeness (QED) is 0.903. The molecule has 0 spiro atoms. The van der Waals surface area contributed by atoms with E-state index >= 15 is 0 Å². The van der Waals surface area contributed by atoms with E-state index in [1.54, 1.807) is 14.2 Å². The molecule has 1 fully saturated rings. The number of methoxy groups -OCH3 is 2. The zero-order valence-corrected chi connectivity index (χ0v) is 11.8. The Hall–Kier alpha value is -1.07. The molecule has 100 valence electrons. The van der Waals surface area contributed by atoms with Crippen LogP contribution in [0.2, 0.25) is 0 Å². The monoisotopic (exact) mass is 269 g/mol. The van der Waals surface area contributed by atoms with Gasteiger partial charge < -0.3 is 14.8 Å². The average molecular weight is 269 g/mol. The first kappa shape index (κ1) is 13.4. The predicted molar refractivity (Wildman–Crippen MR) is 72.8 cm³/mol. The second-order valence-corrected chi connectivity index (χ2v) is 6.33. The van der Waals surface area contributed by atoms with Gasteiger partial charge in [0.15, 0.2) is 11.5 Å². The molecular formula is C13H19NO3S. The number of rotatable bonds is 3. The normalized spacial score (nSPS) is 27.8. The Morgan fingerprint density at radius 1 is 1.28 bits per heavy atom. The van der Waals surface area contributed by atoms with E-state index in [0.29, 0.717) is 17.3 Å². The molecule has 3 atom stereocenters. The van der Waals surface area contributed by atoms with Gasteiger partial charge in [0.1, 0.15) is 0 Å². The number of hydrogen-bond acceptors (Lipinski definition) is 4. The van der Waals surface area contributed by atoms with Gasteiger partial charge in [0.2, 0.25) is 0 Å². The van der Waals surface area contributed by atoms with Gasteiger partial charge in [-0.1, -0.05) is 6.07 Å². The van der Waals surface area contributed by atoms with Gasteiger partial charge in [0.05, 0.1) is 14.2 Å². The van der Waals surface area contributed by atoms with Crippen LogP contribution in [0.5, 0.6) is 11.5 Å². The van der Waals surface area contributed by atoms with E-state index < -0.39 is 10.8 Å². The maximum absolute atomic E-state index is 11.9. The van der Waals surface area contributed by atoms with Crippen molar-refractivity contribution in [3.63, 3.8) is 0 Å². The number of hydrogen-bond donors (Lipinski definition) is 1. The van der Waals surface area contributed by atoms with Gasteiger partial charge in [-0.05, 0) is 24.6 Å². The van der Waals surface area contributed by atoms with Crippen LogP contribution < -0.4 is 14.8 Å². The molecule has 0 aromatic heterocycles. The third-order valence-electron chi connectivity index (χ3n) is 3.24. The Bertz CT molecular complexity index is 450. The van der Waals surface area contributed by atoms with Crippen molar-refractivity contribution in [1.82, 2.24) is 5.32 Å². The molecule has 5 heteroatoms. The van der Waals surface area contributed by atoms with Crippen molar-refractivity contribution in [3.05, 3.63) is 23.8 Å². The Labute approximate surface area is 110 Å². The Morgan fingerprint density at radius 2 is 2.00 bits per heavy atom. The number of nitrogens with one attached hydrogen (secondary N) is 1. The molecule has 2 rings (SSSR count). The van der Waals surface area contributed by atoms with Gasteiger partial charge in [-0.3, -0.25) is 4.21 Å². The second kappa shape index (κ2) is 5.71. The van der Waals surface area contributed by atoms with Crippen LogP contribution in [0.1, 0.15) is 18.5 Å². The summed E-state index contributed by atoms with van der Waals surface area (Å²) < 4.78 is 22.4. The standard InChI is InChI=1S/C13H19NO3S/c1-9-7-14-11(8-18(9)15)10-4-5-12(16-2)13(6-10)17-3/h4-6,9,11,14H,7-8H2,1-3H3. The van der Waals surface area contributed by atoms with Crippen molar-refractivity contribution in [1.29, 1.82) is 0 Å². The summed E-state index contributed by atoms with van der Waals surface area (Å²) in [6, 6.07) is 5.95. The minimum absolute atomic E-state index is 0.127. The van der Waals surface area contributed by atoms with Gasteiger partial charge in [-0.25, -0.2) is 0 Å². The molecule has 0 saturated carbocycles. The molecule has 0 amide bonds. The third kappa shape index (κ3) is 2.67. The summed E-state index contributed by atoms with van der Waals surface area (Å²) >= 11 is 0. The Morgan fingerprint density at radius 3 is 2.61 bits per heavy atom. The maximum atomic E-state index is 11.9. The van der Waals surface area contributed by atoms with Crippen molar-refractivity contribution in [2.45, 2.75) is 18.2 Å². The molecule has 1 aromatic rings. The number of ether oxygens (including phenoxy) is 2. The zero-order chi connectivity index (χ0) is 13.1. The van der Waals surface area contributed by atoms with Gasteiger partial charge in [0.25, 0.3) is 0 Å². The van der Waals surface area contributed by atoms with Crippen LogP contribution in [0.4, 0.5) is 0 Å². The van der Waals surface area contributed by atoms with E-state index in [1.807, 2.05) is 25.1 Å². The molecule has 1 N–H and O–H groups in total. The molecule has 1 aliphatic rings. The van der Waals surface area contributed by atoms with Gasteiger partial charge in [0, 0.05) is 34.4 Å². The van der Waals surface area contributed by atoms with Crippen LogP contribution in [-0.4, -0.2) is 36.0 Å². The zero-order valence-electron chi connectivity index (χ0n) is 10.9. The van der Waals surface area contributed by atoms with Crippen LogP contribution in [0.25, 0.3) is 0 Å². The van der Waals surface area contributed by atoms with Crippen LogP contribution >= 0.6 is 0 Å². The molecular weight excluding hydrogens is 250 g/mol. The van der Waals surface area contributed by atoms with Crippen LogP contribution in [0.3, 0.4) is 0 Å². The van der Waals surface area contributed by atoms with Crippen molar-refractivity contribution < 1.29 is 13.7 Å². The fourth-order valence-corrected chi connectivity index (χ4v) is 3.32. The van der Waals surface area contributed by atoms with Crippen LogP contribution in [-0.2, 0) is 10.8 Å². The predicted octanol–water partition coefficient (Wildman–Crippen LogP) is 1.49. The van der Waals surface area contributed by atoms with E-state index in [-0.39, 0.29) is 11.3 Å². The van der Waals surface area contributed by atoms with E-state index in [0.717, 1.165) is 12.1 Å². The summed E-state index contributed by atoms with van der Waals surface area (Å²) in [5.41, 5.74) is 1.09. The van der Waals surface area contributed by atoms with Crippen molar-refractivity contribution in [2.24, 2.45) is 0 Å². The SMILES string of the molecule is COc1ccc(C2CS(=O)C(C)CN2)cc1OC. The molecule has 0 bridgehead atoms. The van der Waals surface area contributed by atoms with E-state index in [1.165, 1.54) is 0 Å². The smallest absolute Gasteiger partial charge is 0.161 e. The molecule has 3 unspecified atom stereocenters. The summed E-state index contributed by atoms with van der Waals surface area (Å²) in [5, 5.41) is 3.64. The molecule has 0 radical (unpaired) electrons. The average Bonchev–Trinajstić information content (AvgIpc) is 2.41. The van der Waals surface area contributed by atoms with Crippen molar-refractivity contribution in [3.8, 4) is 11.5 Å². The lowest BCUT2D eigenvalue weighted by molar-refractivity contribution is 0.354. The first-order valence-electron chi connectivity index (χ1n) is 5.98.